The number of hydrazone groups is 1. The van der Waals surface area contributed by atoms with E-state index in [1.807, 2.05) is 6.07 Å². The number of rotatable bonds is 2. The highest BCUT2D eigenvalue weighted by Gasteiger charge is 1.97. The first-order chi connectivity index (χ1) is 6.59. The van der Waals surface area contributed by atoms with Gasteiger partial charge >= 0.3 is 0 Å². The van der Waals surface area contributed by atoms with E-state index >= 15 is 0 Å². The summed E-state index contributed by atoms with van der Waals surface area (Å²) in [6, 6.07) is 5.39. The number of thiocarbonyl (C=S) groups is 1. The van der Waals surface area contributed by atoms with E-state index in [0.717, 1.165) is 10.0 Å². The van der Waals surface area contributed by atoms with Crippen molar-refractivity contribution in [2.75, 3.05) is 0 Å². The molecular formula is C8H7BrClN3S. The van der Waals surface area contributed by atoms with Gasteiger partial charge in [0.25, 0.3) is 0 Å². The molecule has 0 atom stereocenters. The molecule has 74 valence electrons. The highest BCUT2D eigenvalue weighted by molar-refractivity contribution is 9.10. The zero-order valence-electron chi connectivity index (χ0n) is 7.00. The Kier molecular flexibility index (Phi) is 4.31. The third-order valence-corrected chi connectivity index (χ3v) is 2.38. The standard InChI is InChI=1S/C8H7BrClN3S/c9-7-2-1-6(10)3-5(7)4-12-13-8(11)14/h1-4H,(H3,11,13,14)/b12-4+. The van der Waals surface area contributed by atoms with Crippen LogP contribution in [0.4, 0.5) is 0 Å². The lowest BCUT2D eigenvalue weighted by Gasteiger charge is -1.98. The van der Waals surface area contributed by atoms with Crippen LogP contribution in [0.15, 0.2) is 27.8 Å². The van der Waals surface area contributed by atoms with Gasteiger partial charge in [0, 0.05) is 15.1 Å². The van der Waals surface area contributed by atoms with Crippen molar-refractivity contribution in [2.45, 2.75) is 0 Å². The summed E-state index contributed by atoms with van der Waals surface area (Å²) in [4.78, 5) is 0. The summed E-state index contributed by atoms with van der Waals surface area (Å²) in [5, 5.41) is 4.58. The van der Waals surface area contributed by atoms with Crippen LogP contribution in [-0.2, 0) is 0 Å². The van der Waals surface area contributed by atoms with E-state index in [1.165, 1.54) is 0 Å². The molecule has 1 aromatic rings. The van der Waals surface area contributed by atoms with Crippen molar-refractivity contribution in [2.24, 2.45) is 10.8 Å². The summed E-state index contributed by atoms with van der Waals surface area (Å²) in [7, 11) is 0. The molecule has 0 saturated heterocycles. The maximum absolute atomic E-state index is 5.80. The first-order valence-corrected chi connectivity index (χ1v) is 5.21. The molecule has 0 aliphatic rings. The Bertz CT molecular complexity index is 381. The SMILES string of the molecule is NC(=S)N/N=C/c1cc(Cl)ccc1Br. The first-order valence-electron chi connectivity index (χ1n) is 3.63. The van der Waals surface area contributed by atoms with Gasteiger partial charge in [0.05, 0.1) is 6.21 Å². The maximum Gasteiger partial charge on any atom is 0.184 e. The number of nitrogens with zero attached hydrogens (tertiary/aromatic N) is 1. The lowest BCUT2D eigenvalue weighted by Crippen LogP contribution is -2.24. The van der Waals surface area contributed by atoms with E-state index in [1.54, 1.807) is 18.3 Å². The Labute approximate surface area is 100 Å². The van der Waals surface area contributed by atoms with Crippen molar-refractivity contribution in [3.63, 3.8) is 0 Å². The van der Waals surface area contributed by atoms with Crippen LogP contribution in [0.25, 0.3) is 0 Å². The molecule has 0 heterocycles. The summed E-state index contributed by atoms with van der Waals surface area (Å²) in [5.41, 5.74) is 8.50. The zero-order valence-corrected chi connectivity index (χ0v) is 10.2. The van der Waals surface area contributed by atoms with Crippen molar-refractivity contribution in [3.8, 4) is 0 Å². The molecule has 0 unspecified atom stereocenters. The second kappa shape index (κ2) is 5.29. The monoisotopic (exact) mass is 291 g/mol. The second-order valence-electron chi connectivity index (χ2n) is 2.40. The van der Waals surface area contributed by atoms with Crippen LogP contribution >= 0.6 is 39.7 Å². The van der Waals surface area contributed by atoms with E-state index in [4.69, 9.17) is 17.3 Å². The minimum atomic E-state index is 0.124. The molecule has 1 aromatic carbocycles. The molecule has 6 heteroatoms. The molecule has 0 aliphatic heterocycles. The summed E-state index contributed by atoms with van der Waals surface area (Å²) in [5.74, 6) is 0. The van der Waals surface area contributed by atoms with Crippen molar-refractivity contribution in [1.82, 2.24) is 5.43 Å². The number of halogens is 2. The summed E-state index contributed by atoms with van der Waals surface area (Å²) in [6.07, 6.45) is 1.58. The fraction of sp³-hybridized carbons (Fsp3) is 0. The van der Waals surface area contributed by atoms with E-state index in [-0.39, 0.29) is 5.11 Å². The summed E-state index contributed by atoms with van der Waals surface area (Å²) < 4.78 is 0.899. The lowest BCUT2D eigenvalue weighted by molar-refractivity contribution is 1.04. The average molecular weight is 293 g/mol. The largest absolute Gasteiger partial charge is 0.375 e. The van der Waals surface area contributed by atoms with Crippen LogP contribution in [0.5, 0.6) is 0 Å². The van der Waals surface area contributed by atoms with Crippen LogP contribution in [0.3, 0.4) is 0 Å². The average Bonchev–Trinajstić information content (AvgIpc) is 2.10. The quantitative estimate of drug-likeness (QED) is 0.499. The van der Waals surface area contributed by atoms with E-state index < -0.39 is 0 Å². The molecule has 14 heavy (non-hydrogen) atoms. The minimum Gasteiger partial charge on any atom is -0.375 e. The molecule has 3 nitrogen and oxygen atoms in total. The second-order valence-corrected chi connectivity index (χ2v) is 4.13. The van der Waals surface area contributed by atoms with Gasteiger partial charge in [-0.1, -0.05) is 27.5 Å². The molecule has 0 amide bonds. The number of nitrogens with two attached hydrogens (primary N) is 1. The number of benzene rings is 1. The van der Waals surface area contributed by atoms with Crippen LogP contribution < -0.4 is 11.2 Å². The molecule has 3 N–H and O–H groups in total. The van der Waals surface area contributed by atoms with Crippen LogP contribution in [0, 0.1) is 0 Å². The predicted octanol–water partition coefficient (Wildman–Crippen LogP) is 2.27. The van der Waals surface area contributed by atoms with Gasteiger partial charge in [-0.15, -0.1) is 0 Å². The Morgan fingerprint density at radius 3 is 3.00 bits per heavy atom. The van der Waals surface area contributed by atoms with Gasteiger partial charge in [0.15, 0.2) is 5.11 Å². The van der Waals surface area contributed by atoms with Gasteiger partial charge in [-0.25, -0.2) is 0 Å². The van der Waals surface area contributed by atoms with Gasteiger partial charge in [0.1, 0.15) is 0 Å². The van der Waals surface area contributed by atoms with Crippen LogP contribution in [0.1, 0.15) is 5.56 Å². The molecule has 0 aromatic heterocycles. The minimum absolute atomic E-state index is 0.124. The molecule has 0 radical (unpaired) electrons. The first kappa shape index (κ1) is 11.4. The Morgan fingerprint density at radius 1 is 1.64 bits per heavy atom. The molecular weight excluding hydrogens is 286 g/mol. The van der Waals surface area contributed by atoms with E-state index in [2.05, 4.69) is 38.7 Å². The van der Waals surface area contributed by atoms with Crippen LogP contribution in [0.2, 0.25) is 5.02 Å². The number of hydrogen-bond donors (Lipinski definition) is 2. The van der Waals surface area contributed by atoms with Gasteiger partial charge in [-0.05, 0) is 30.4 Å². The highest BCUT2D eigenvalue weighted by Crippen LogP contribution is 2.19. The molecule has 0 spiro atoms. The third-order valence-electron chi connectivity index (χ3n) is 1.34. The van der Waals surface area contributed by atoms with E-state index in [0.29, 0.717) is 5.02 Å². The Morgan fingerprint density at radius 2 is 2.36 bits per heavy atom. The fourth-order valence-electron chi connectivity index (χ4n) is 0.779. The van der Waals surface area contributed by atoms with Crippen LogP contribution in [-0.4, -0.2) is 11.3 Å². The lowest BCUT2D eigenvalue weighted by atomic mass is 10.2. The van der Waals surface area contributed by atoms with Gasteiger partial charge in [-0.2, -0.15) is 5.10 Å². The normalized spacial score (nSPS) is 10.4. The smallest absolute Gasteiger partial charge is 0.184 e. The van der Waals surface area contributed by atoms with Crippen molar-refractivity contribution >= 4 is 51.1 Å². The maximum atomic E-state index is 5.80. The molecule has 0 saturated carbocycles. The van der Waals surface area contributed by atoms with Crippen molar-refractivity contribution in [3.05, 3.63) is 33.3 Å². The fourth-order valence-corrected chi connectivity index (χ4v) is 1.36. The van der Waals surface area contributed by atoms with Crippen molar-refractivity contribution in [1.29, 1.82) is 0 Å². The molecule has 0 fully saturated rings. The third kappa shape index (κ3) is 3.61. The zero-order chi connectivity index (χ0) is 10.6. The van der Waals surface area contributed by atoms with Gasteiger partial charge in [0.2, 0.25) is 0 Å². The molecule has 1 rings (SSSR count). The van der Waals surface area contributed by atoms with E-state index in [9.17, 15) is 0 Å². The number of nitrogens with one attached hydrogen (secondary N) is 1. The Hall–Kier alpha value is -0.650. The van der Waals surface area contributed by atoms with Gasteiger partial charge < -0.3 is 5.73 Å². The predicted molar refractivity (Wildman–Crippen MR) is 66.7 cm³/mol. The summed E-state index contributed by atoms with van der Waals surface area (Å²) >= 11 is 13.7. The Balaban J connectivity index is 2.80. The van der Waals surface area contributed by atoms with Crippen molar-refractivity contribution < 1.29 is 0 Å². The molecule has 0 bridgehead atoms. The summed E-state index contributed by atoms with van der Waals surface area (Å²) in [6.45, 7) is 0. The molecule has 0 aliphatic carbocycles. The highest BCUT2D eigenvalue weighted by atomic mass is 79.9. The topological polar surface area (TPSA) is 50.4 Å². The van der Waals surface area contributed by atoms with Gasteiger partial charge in [-0.3, -0.25) is 5.43 Å². The number of hydrogen-bond acceptors (Lipinski definition) is 2.